The molecule has 0 unspecified atom stereocenters. The van der Waals surface area contributed by atoms with E-state index >= 15 is 0 Å². The van der Waals surface area contributed by atoms with E-state index in [0.717, 1.165) is 26.7 Å². The first-order chi connectivity index (χ1) is 20.4. The average molecular weight is 601 g/mol. The summed E-state index contributed by atoms with van der Waals surface area (Å²) in [4.78, 5) is 43.9. The van der Waals surface area contributed by atoms with E-state index in [9.17, 15) is 18.8 Å². The van der Waals surface area contributed by atoms with Gasteiger partial charge < -0.3 is 9.40 Å². The Hall–Kier alpha value is -4.27. The molecule has 0 spiro atoms. The van der Waals surface area contributed by atoms with Gasteiger partial charge in [0, 0.05) is 67.1 Å². The fraction of sp³-hybridized carbons (Fsp3) is 0.152. The van der Waals surface area contributed by atoms with Crippen molar-refractivity contribution in [1.29, 1.82) is 0 Å². The highest BCUT2D eigenvalue weighted by Gasteiger charge is 2.20. The summed E-state index contributed by atoms with van der Waals surface area (Å²) in [6.45, 7) is 1.37. The molecule has 0 aliphatic carbocycles. The van der Waals surface area contributed by atoms with E-state index in [4.69, 9.17) is 11.6 Å². The molecule has 9 heteroatoms. The molecule has 1 aromatic heterocycles. The molecule has 1 heterocycles. The number of ketones is 2. The van der Waals surface area contributed by atoms with Crippen molar-refractivity contribution >= 4 is 68.4 Å². The first kappa shape index (κ1) is 29.2. The van der Waals surface area contributed by atoms with Crippen LogP contribution in [-0.4, -0.2) is 40.2 Å². The van der Waals surface area contributed by atoms with Crippen molar-refractivity contribution in [3.63, 3.8) is 0 Å². The van der Waals surface area contributed by atoms with Crippen LogP contribution >= 0.6 is 23.4 Å². The number of thioether (sulfide) groups is 1. The van der Waals surface area contributed by atoms with E-state index in [1.165, 1.54) is 11.8 Å². The van der Waals surface area contributed by atoms with Gasteiger partial charge in [-0.25, -0.2) is 9.18 Å². The number of aryl methyl sites for hydroxylation is 1. The summed E-state index contributed by atoms with van der Waals surface area (Å²) < 4.78 is 14.9. The van der Waals surface area contributed by atoms with Gasteiger partial charge in [0.05, 0.1) is 0 Å². The van der Waals surface area contributed by atoms with E-state index in [0.29, 0.717) is 34.0 Å². The fourth-order valence-corrected chi connectivity index (χ4v) is 5.76. The molecule has 0 bridgehead atoms. The number of hydrogen-bond acceptors (Lipinski definition) is 6. The zero-order chi connectivity index (χ0) is 29.6. The Morgan fingerprint density at radius 2 is 1.50 bits per heavy atom. The number of aromatic nitrogens is 1. The van der Waals surface area contributed by atoms with Crippen molar-refractivity contribution in [2.45, 2.75) is 24.8 Å². The lowest BCUT2D eigenvalue weighted by Crippen LogP contribution is -2.17. The molecule has 42 heavy (non-hydrogen) atoms. The summed E-state index contributed by atoms with van der Waals surface area (Å²) in [5.74, 6) is -1.25. The highest BCUT2D eigenvalue weighted by Crippen LogP contribution is 2.32. The van der Waals surface area contributed by atoms with E-state index in [1.54, 1.807) is 36.4 Å². The topological polar surface area (TPSA) is 77.7 Å². The molecule has 5 rings (SSSR count). The largest absolute Gasteiger partial charge is 0.365 e. The summed E-state index contributed by atoms with van der Waals surface area (Å²) in [7, 11) is 0. The summed E-state index contributed by atoms with van der Waals surface area (Å²) in [5, 5.41) is 6.00. The number of fused-ring (bicyclic) bond motifs is 3. The number of rotatable bonds is 11. The number of halogens is 2. The standard InChI is InChI=1S/C33H26ClFN2O4S/c1-2-37-29-14-8-22(32(39)21-6-4-3-5-7-21)18-26(29)27-19-23(9-15-30(27)37)33(40)28(36-41-31(38)20-35)16-17-42-25-12-10-24(34)11-13-25/h3-15,18-19H,2,16-17,20H2,1H3/b36-28+. The third-order valence-corrected chi connectivity index (χ3v) is 8.06. The van der Waals surface area contributed by atoms with Crippen LogP contribution in [-0.2, 0) is 16.2 Å². The molecule has 0 amide bonds. The molecule has 212 valence electrons. The van der Waals surface area contributed by atoms with Crippen molar-refractivity contribution in [3.05, 3.63) is 113 Å². The van der Waals surface area contributed by atoms with E-state index in [1.807, 2.05) is 61.5 Å². The van der Waals surface area contributed by atoms with Gasteiger partial charge in [-0.3, -0.25) is 9.59 Å². The summed E-state index contributed by atoms with van der Waals surface area (Å²) in [6.07, 6.45) is 0.177. The van der Waals surface area contributed by atoms with E-state index in [-0.39, 0.29) is 17.9 Å². The van der Waals surface area contributed by atoms with Crippen LogP contribution in [0.2, 0.25) is 5.02 Å². The third kappa shape index (κ3) is 6.30. The van der Waals surface area contributed by atoms with Crippen molar-refractivity contribution in [1.82, 2.24) is 4.57 Å². The molecule has 0 aliphatic rings. The fourth-order valence-electron chi connectivity index (χ4n) is 4.78. The smallest absolute Gasteiger partial charge is 0.341 e. The molecule has 0 saturated heterocycles. The van der Waals surface area contributed by atoms with Gasteiger partial charge in [-0.15, -0.1) is 11.8 Å². The number of oxime groups is 1. The van der Waals surface area contributed by atoms with Gasteiger partial charge in [-0.05, 0) is 67.6 Å². The number of carbonyl (C=O) groups excluding carboxylic acids is 3. The van der Waals surface area contributed by atoms with Gasteiger partial charge in [0.15, 0.2) is 12.5 Å². The van der Waals surface area contributed by atoms with Crippen LogP contribution in [0.15, 0.2) is 101 Å². The Morgan fingerprint density at radius 1 is 0.857 bits per heavy atom. The molecule has 6 nitrogen and oxygen atoms in total. The second-order valence-corrected chi connectivity index (χ2v) is 11.0. The Balaban J connectivity index is 1.49. The van der Waals surface area contributed by atoms with Crippen LogP contribution in [0.5, 0.6) is 0 Å². The highest BCUT2D eigenvalue weighted by molar-refractivity contribution is 7.99. The minimum absolute atomic E-state index is 0.00297. The van der Waals surface area contributed by atoms with E-state index in [2.05, 4.69) is 14.6 Å². The van der Waals surface area contributed by atoms with E-state index < -0.39 is 18.4 Å². The Kier molecular flexibility index (Phi) is 9.15. The predicted octanol–water partition coefficient (Wildman–Crippen LogP) is 7.93. The van der Waals surface area contributed by atoms with Crippen LogP contribution in [0, 0.1) is 0 Å². The molecule has 0 fully saturated rings. The predicted molar refractivity (Wildman–Crippen MR) is 166 cm³/mol. The maximum absolute atomic E-state index is 13.6. The van der Waals surface area contributed by atoms with Crippen LogP contribution in [0.1, 0.15) is 39.6 Å². The minimum atomic E-state index is -1.35. The lowest BCUT2D eigenvalue weighted by atomic mass is 9.99. The maximum atomic E-state index is 13.6. The third-order valence-electron chi connectivity index (χ3n) is 6.79. The Labute approximate surface area is 251 Å². The number of carbonyl (C=O) groups is 3. The second kappa shape index (κ2) is 13.1. The number of alkyl halides is 1. The van der Waals surface area contributed by atoms with Crippen LogP contribution in [0.25, 0.3) is 21.8 Å². The van der Waals surface area contributed by atoms with Crippen molar-refractivity contribution in [2.75, 3.05) is 12.4 Å². The van der Waals surface area contributed by atoms with Crippen LogP contribution < -0.4 is 0 Å². The highest BCUT2D eigenvalue weighted by atomic mass is 35.5. The minimum Gasteiger partial charge on any atom is -0.341 e. The first-order valence-corrected chi connectivity index (χ1v) is 14.7. The van der Waals surface area contributed by atoms with Gasteiger partial charge in [0.25, 0.3) is 0 Å². The van der Waals surface area contributed by atoms with Crippen LogP contribution in [0.3, 0.4) is 0 Å². The average Bonchev–Trinajstić information content (AvgIpc) is 3.35. The first-order valence-electron chi connectivity index (χ1n) is 13.3. The lowest BCUT2D eigenvalue weighted by Gasteiger charge is -2.07. The van der Waals surface area contributed by atoms with Crippen molar-refractivity contribution < 1.29 is 23.6 Å². The molecular formula is C33H26ClFN2O4S. The molecule has 4 aromatic carbocycles. The number of Topliss-reactive ketones (excluding diaryl/α,β-unsaturated/α-hetero) is 1. The number of benzene rings is 4. The monoisotopic (exact) mass is 600 g/mol. The molecule has 0 atom stereocenters. The van der Waals surface area contributed by atoms with Crippen molar-refractivity contribution in [3.8, 4) is 0 Å². The zero-order valence-corrected chi connectivity index (χ0v) is 24.3. The van der Waals surface area contributed by atoms with Gasteiger partial charge in [0.1, 0.15) is 5.71 Å². The molecule has 5 aromatic rings. The Morgan fingerprint density at radius 3 is 2.14 bits per heavy atom. The van der Waals surface area contributed by atoms with Crippen molar-refractivity contribution in [2.24, 2.45) is 5.16 Å². The van der Waals surface area contributed by atoms with Gasteiger partial charge >= 0.3 is 5.97 Å². The second-order valence-electron chi connectivity index (χ2n) is 9.42. The Bertz CT molecular complexity index is 1820. The number of hydrogen-bond donors (Lipinski definition) is 0. The van der Waals surface area contributed by atoms with Gasteiger partial charge in [-0.2, -0.15) is 0 Å². The molecule has 0 saturated carbocycles. The molecule has 0 aliphatic heterocycles. The van der Waals surface area contributed by atoms with Gasteiger partial charge in [-0.1, -0.05) is 47.1 Å². The molecular weight excluding hydrogens is 575 g/mol. The number of nitrogens with zero attached hydrogens (tertiary/aromatic N) is 2. The quantitative estimate of drug-likeness (QED) is 0.0506. The summed E-state index contributed by atoms with van der Waals surface area (Å²) in [6, 6.07) is 27.3. The lowest BCUT2D eigenvalue weighted by molar-refractivity contribution is -0.144. The maximum Gasteiger partial charge on any atom is 0.365 e. The normalized spacial score (nSPS) is 11.6. The summed E-state index contributed by atoms with van der Waals surface area (Å²) in [5.41, 5.74) is 3.31. The molecule has 0 N–H and O–H groups in total. The SMILES string of the molecule is CCn1c2ccc(C(=O)/C(CCSc3ccc(Cl)cc3)=N/OC(=O)CF)cc2c2cc(C(=O)c3ccccc3)ccc21. The van der Waals surface area contributed by atoms with Crippen LogP contribution in [0.4, 0.5) is 4.39 Å². The molecule has 0 radical (unpaired) electrons. The van der Waals surface area contributed by atoms with Gasteiger partial charge in [0.2, 0.25) is 5.78 Å². The zero-order valence-electron chi connectivity index (χ0n) is 22.7. The summed E-state index contributed by atoms with van der Waals surface area (Å²) >= 11 is 7.44.